The lowest BCUT2D eigenvalue weighted by molar-refractivity contribution is -0.407. The molecule has 0 amide bonds. The van der Waals surface area contributed by atoms with Crippen LogP contribution in [0, 0.1) is 0 Å². The van der Waals surface area contributed by atoms with Crippen LogP contribution in [0.3, 0.4) is 0 Å². The fourth-order valence-electron chi connectivity index (χ4n) is 0.639. The molecule has 0 aliphatic carbocycles. The van der Waals surface area contributed by atoms with Crippen LogP contribution < -0.4 is 0 Å². The van der Waals surface area contributed by atoms with Crippen molar-refractivity contribution in [1.82, 2.24) is 0 Å². The van der Waals surface area contributed by atoms with E-state index in [0.717, 1.165) is 0 Å². The Morgan fingerprint density at radius 3 is 1.04 bits per heavy atom. The summed E-state index contributed by atoms with van der Waals surface area (Å²) in [7, 11) is 0. The summed E-state index contributed by atoms with van der Waals surface area (Å²) in [6.45, 7) is -3.30. The first-order valence-electron chi connectivity index (χ1n) is 4.30. The number of hydrogen-bond donors (Lipinski definition) is 0. The van der Waals surface area contributed by atoms with Crippen LogP contribution >= 0.6 is 0 Å². The van der Waals surface area contributed by atoms with Crippen LogP contribution in [0.2, 0.25) is 0 Å². The molecule has 1 nitrogen and oxygen atoms in total. The first kappa shape index (κ1) is 30.0. The predicted octanol–water partition coefficient (Wildman–Crippen LogP) is 6.20. The molecule has 1 atom stereocenters. The zero-order valence-corrected chi connectivity index (χ0v) is 9.53. The third kappa shape index (κ3) is 13.2. The second-order valence-electron chi connectivity index (χ2n) is 3.31. The lowest BCUT2D eigenvalue weighted by Gasteiger charge is -2.32. The third-order valence-corrected chi connectivity index (χ3v) is 1.36. The Balaban J connectivity index is -0.000000225. The first-order valence-corrected chi connectivity index (χ1v) is 4.30. The summed E-state index contributed by atoms with van der Waals surface area (Å²) in [5.74, 6) is -10.8. The van der Waals surface area contributed by atoms with Gasteiger partial charge in [-0.2, -0.15) is 30.7 Å². The molecule has 0 aromatic rings. The van der Waals surface area contributed by atoms with E-state index in [0.29, 0.717) is 0 Å². The third-order valence-electron chi connectivity index (χ3n) is 1.36. The molecule has 0 bridgehead atoms. The SMILES string of the molecule is C.C.CC(F)(F)C(F)(OCC(F)(F)F)C(F)(F)F.FC(F)(F)F. The van der Waals surface area contributed by atoms with Crippen LogP contribution in [-0.2, 0) is 4.74 Å². The van der Waals surface area contributed by atoms with Crippen molar-refractivity contribution in [2.75, 3.05) is 6.61 Å². The summed E-state index contributed by atoms with van der Waals surface area (Å²) < 4.78 is 149. The quantitative estimate of drug-likeness (QED) is 0.527. The Morgan fingerprint density at radius 2 is 0.913 bits per heavy atom. The first-order chi connectivity index (χ1) is 8.71. The van der Waals surface area contributed by atoms with Crippen molar-refractivity contribution in [3.63, 3.8) is 0 Å². The summed E-state index contributed by atoms with van der Waals surface area (Å²) in [6.07, 6.45) is -17.1. The minimum absolute atomic E-state index is 0. The van der Waals surface area contributed by atoms with Gasteiger partial charge in [0.15, 0.2) is 0 Å². The monoisotopic (exact) mass is 384 g/mol. The molecule has 146 valence electrons. The number of rotatable bonds is 3. The molecule has 0 rings (SSSR count). The maximum Gasteiger partial charge on any atom is 0.559 e. The van der Waals surface area contributed by atoms with Gasteiger partial charge in [0.1, 0.15) is 6.61 Å². The molecule has 23 heavy (non-hydrogen) atoms. The van der Waals surface area contributed by atoms with Gasteiger partial charge in [-0.3, -0.25) is 0 Å². The highest BCUT2D eigenvalue weighted by Crippen LogP contribution is 2.46. The molecule has 0 spiro atoms. The normalized spacial score (nSPS) is 15.4. The van der Waals surface area contributed by atoms with E-state index in [4.69, 9.17) is 0 Å². The molecule has 0 radical (unpaired) electrons. The summed E-state index contributed by atoms with van der Waals surface area (Å²) in [6, 6.07) is 0. The highest BCUT2D eigenvalue weighted by Gasteiger charge is 2.71. The molecule has 0 aromatic carbocycles. The van der Waals surface area contributed by atoms with Crippen LogP contribution in [0.5, 0.6) is 0 Å². The molecule has 14 heteroatoms. The molecule has 0 saturated heterocycles. The zero-order chi connectivity index (χ0) is 17.9. The van der Waals surface area contributed by atoms with Crippen molar-refractivity contribution in [3.8, 4) is 0 Å². The van der Waals surface area contributed by atoms with Gasteiger partial charge in [0, 0.05) is 6.92 Å². The minimum atomic E-state index is -6.28. The largest absolute Gasteiger partial charge is 0.559 e. The van der Waals surface area contributed by atoms with Gasteiger partial charge in [-0.25, -0.2) is 8.78 Å². The lowest BCUT2D eigenvalue weighted by Crippen LogP contribution is -2.56. The van der Waals surface area contributed by atoms with Gasteiger partial charge in [0.25, 0.3) is 0 Å². The summed E-state index contributed by atoms with van der Waals surface area (Å²) in [5, 5.41) is 0. The number of ether oxygens (including phenoxy) is 1. The Kier molecular flexibility index (Phi) is 11.4. The van der Waals surface area contributed by atoms with Crippen LogP contribution in [0.15, 0.2) is 0 Å². The van der Waals surface area contributed by atoms with E-state index in [1.807, 2.05) is 0 Å². The van der Waals surface area contributed by atoms with Crippen LogP contribution in [0.4, 0.5) is 57.1 Å². The second-order valence-corrected chi connectivity index (χ2v) is 3.31. The van der Waals surface area contributed by atoms with E-state index < -0.39 is 44.1 Å². The molecule has 0 aliphatic heterocycles. The topological polar surface area (TPSA) is 9.23 Å². The zero-order valence-electron chi connectivity index (χ0n) is 9.53. The van der Waals surface area contributed by atoms with Crippen molar-refractivity contribution >= 4 is 0 Å². The van der Waals surface area contributed by atoms with Crippen LogP contribution in [-0.4, -0.2) is 37.2 Å². The van der Waals surface area contributed by atoms with Crippen LogP contribution in [0.1, 0.15) is 21.8 Å². The van der Waals surface area contributed by atoms with Crippen molar-refractivity contribution < 1.29 is 61.8 Å². The van der Waals surface area contributed by atoms with Gasteiger partial charge >= 0.3 is 30.6 Å². The van der Waals surface area contributed by atoms with Gasteiger partial charge in [-0.15, -0.1) is 17.6 Å². The molecule has 0 heterocycles. The summed E-state index contributed by atoms with van der Waals surface area (Å²) in [4.78, 5) is 0. The smallest absolute Gasteiger partial charge is 0.325 e. The maximum atomic E-state index is 12.7. The molecule has 1 unspecified atom stereocenters. The Morgan fingerprint density at radius 1 is 0.652 bits per heavy atom. The predicted molar refractivity (Wildman–Crippen MR) is 53.1 cm³/mol. The summed E-state index contributed by atoms with van der Waals surface area (Å²) in [5.41, 5.74) is 0. The van der Waals surface area contributed by atoms with E-state index in [2.05, 4.69) is 4.74 Å². The summed E-state index contributed by atoms with van der Waals surface area (Å²) >= 11 is 0. The molecular formula is C9H13F13O. The van der Waals surface area contributed by atoms with Crippen molar-refractivity contribution in [2.24, 2.45) is 0 Å². The maximum absolute atomic E-state index is 12.7. The van der Waals surface area contributed by atoms with Gasteiger partial charge < -0.3 is 4.74 Å². The highest BCUT2D eigenvalue weighted by atomic mass is 19.5. The Labute approximate surface area is 122 Å². The average molecular weight is 384 g/mol. The van der Waals surface area contributed by atoms with Gasteiger partial charge in [0.05, 0.1) is 0 Å². The number of halogens is 13. The molecule has 0 aliphatic rings. The second kappa shape index (κ2) is 8.78. The Hall–Kier alpha value is -0.950. The van der Waals surface area contributed by atoms with E-state index in [-0.39, 0.29) is 14.9 Å². The molecule has 0 aromatic heterocycles. The fraction of sp³-hybridized carbons (Fsp3) is 1.00. The van der Waals surface area contributed by atoms with E-state index in [1.165, 1.54) is 0 Å². The standard InChI is InChI=1S/C6H5F9O.CF4.2CH4/c1-3(7,8)5(12,6(13,14)15)16-2-4(9,10)11;2-1(3,4)5;;/h2H2,1H3;;2*1H4. The van der Waals surface area contributed by atoms with Crippen molar-refractivity contribution in [3.05, 3.63) is 0 Å². The molecule has 0 N–H and O–H groups in total. The van der Waals surface area contributed by atoms with Gasteiger partial charge in [0.2, 0.25) is 0 Å². The van der Waals surface area contributed by atoms with Crippen molar-refractivity contribution in [1.29, 1.82) is 0 Å². The Bertz CT molecular complexity index is 287. The van der Waals surface area contributed by atoms with E-state index in [9.17, 15) is 57.1 Å². The average Bonchev–Trinajstić information content (AvgIpc) is 2.05. The van der Waals surface area contributed by atoms with Gasteiger partial charge in [-0.05, 0) is 0 Å². The number of hydrogen-bond acceptors (Lipinski definition) is 1. The minimum Gasteiger partial charge on any atom is -0.325 e. The lowest BCUT2D eigenvalue weighted by atomic mass is 10.1. The van der Waals surface area contributed by atoms with Gasteiger partial charge in [-0.1, -0.05) is 14.9 Å². The number of alkyl halides is 13. The van der Waals surface area contributed by atoms with Crippen molar-refractivity contribution in [2.45, 2.75) is 52.3 Å². The van der Waals surface area contributed by atoms with E-state index in [1.54, 1.807) is 0 Å². The fourth-order valence-corrected chi connectivity index (χ4v) is 0.639. The van der Waals surface area contributed by atoms with Crippen LogP contribution in [0.25, 0.3) is 0 Å². The highest BCUT2D eigenvalue weighted by molar-refractivity contribution is 4.89. The molecule has 0 fully saturated rings. The molecule has 0 saturated carbocycles. The van der Waals surface area contributed by atoms with E-state index >= 15 is 0 Å². The molecular weight excluding hydrogens is 371 g/mol.